The van der Waals surface area contributed by atoms with Crippen LogP contribution in [0.4, 0.5) is 5.69 Å². The summed E-state index contributed by atoms with van der Waals surface area (Å²) in [5, 5.41) is 12.7. The topological polar surface area (TPSA) is 75.4 Å². The van der Waals surface area contributed by atoms with Gasteiger partial charge in [-0.1, -0.05) is 25.7 Å². The van der Waals surface area contributed by atoms with E-state index in [9.17, 15) is 9.90 Å². The molecule has 0 saturated heterocycles. The number of nitrogens with two attached hydrogens (primary N) is 1. The number of phenols is 1. The fourth-order valence-electron chi connectivity index (χ4n) is 2.43. The smallest absolute Gasteiger partial charge is 0.255 e. The SMILES string of the molecule is Nc1ccc(C(=O)NC2CCCCCC2)c(O)c1. The number of rotatable bonds is 2. The maximum atomic E-state index is 12.0. The van der Waals surface area contributed by atoms with Crippen LogP contribution in [0.5, 0.6) is 5.75 Å². The van der Waals surface area contributed by atoms with Crippen LogP contribution in [0.25, 0.3) is 0 Å². The van der Waals surface area contributed by atoms with Crippen molar-refractivity contribution < 1.29 is 9.90 Å². The third-order valence-electron chi connectivity index (χ3n) is 3.46. The molecule has 18 heavy (non-hydrogen) atoms. The summed E-state index contributed by atoms with van der Waals surface area (Å²) in [6.45, 7) is 0. The average Bonchev–Trinajstić information content (AvgIpc) is 2.57. The van der Waals surface area contributed by atoms with Crippen molar-refractivity contribution in [2.45, 2.75) is 44.6 Å². The minimum absolute atomic E-state index is 0.0545. The maximum Gasteiger partial charge on any atom is 0.255 e. The van der Waals surface area contributed by atoms with Gasteiger partial charge in [0.05, 0.1) is 5.56 Å². The molecule has 0 aliphatic heterocycles. The molecule has 1 aromatic rings. The number of anilines is 1. The van der Waals surface area contributed by atoms with Crippen molar-refractivity contribution in [3.8, 4) is 5.75 Å². The van der Waals surface area contributed by atoms with E-state index in [0.717, 1.165) is 12.8 Å². The second-order valence-corrected chi connectivity index (χ2v) is 4.94. The molecule has 1 aromatic carbocycles. The highest BCUT2D eigenvalue weighted by atomic mass is 16.3. The van der Waals surface area contributed by atoms with Crippen molar-refractivity contribution >= 4 is 11.6 Å². The van der Waals surface area contributed by atoms with E-state index in [1.807, 2.05) is 0 Å². The molecular weight excluding hydrogens is 228 g/mol. The highest BCUT2D eigenvalue weighted by Crippen LogP contribution is 2.22. The lowest BCUT2D eigenvalue weighted by Gasteiger charge is -2.16. The first kappa shape index (κ1) is 12.7. The van der Waals surface area contributed by atoms with E-state index in [4.69, 9.17) is 5.73 Å². The maximum absolute atomic E-state index is 12.0. The van der Waals surface area contributed by atoms with Gasteiger partial charge in [-0.3, -0.25) is 4.79 Å². The van der Waals surface area contributed by atoms with Crippen molar-refractivity contribution in [2.24, 2.45) is 0 Å². The summed E-state index contributed by atoms with van der Waals surface area (Å²) >= 11 is 0. The summed E-state index contributed by atoms with van der Waals surface area (Å²) < 4.78 is 0. The molecule has 98 valence electrons. The van der Waals surface area contributed by atoms with E-state index >= 15 is 0 Å². The summed E-state index contributed by atoms with van der Waals surface area (Å²) in [4.78, 5) is 12.0. The normalized spacial score (nSPS) is 17.1. The van der Waals surface area contributed by atoms with E-state index < -0.39 is 0 Å². The molecule has 0 heterocycles. The Morgan fingerprint density at radius 2 is 1.89 bits per heavy atom. The Morgan fingerprint density at radius 3 is 2.50 bits per heavy atom. The van der Waals surface area contributed by atoms with Crippen LogP contribution in [0, 0.1) is 0 Å². The predicted molar refractivity (Wildman–Crippen MR) is 71.5 cm³/mol. The number of nitrogens with one attached hydrogen (secondary N) is 1. The first-order valence-electron chi connectivity index (χ1n) is 6.56. The minimum Gasteiger partial charge on any atom is -0.507 e. The Kier molecular flexibility index (Phi) is 4.07. The number of nitrogen functional groups attached to an aromatic ring is 1. The van der Waals surface area contributed by atoms with Crippen LogP contribution in [0.15, 0.2) is 18.2 Å². The van der Waals surface area contributed by atoms with Gasteiger partial charge in [0.15, 0.2) is 0 Å². The molecule has 0 atom stereocenters. The molecule has 2 rings (SSSR count). The number of hydrogen-bond acceptors (Lipinski definition) is 3. The summed E-state index contributed by atoms with van der Waals surface area (Å²) in [5.41, 5.74) is 6.30. The zero-order valence-electron chi connectivity index (χ0n) is 10.5. The predicted octanol–water partition coefficient (Wildman–Crippen LogP) is 2.43. The van der Waals surface area contributed by atoms with Gasteiger partial charge < -0.3 is 16.2 Å². The first-order chi connectivity index (χ1) is 8.66. The van der Waals surface area contributed by atoms with Crippen molar-refractivity contribution in [3.05, 3.63) is 23.8 Å². The average molecular weight is 248 g/mol. The highest BCUT2D eigenvalue weighted by molar-refractivity contribution is 5.97. The van der Waals surface area contributed by atoms with E-state index in [-0.39, 0.29) is 17.7 Å². The molecule has 4 N–H and O–H groups in total. The summed E-state index contributed by atoms with van der Waals surface area (Å²) in [6.07, 6.45) is 6.89. The van der Waals surface area contributed by atoms with Gasteiger partial charge >= 0.3 is 0 Å². The van der Waals surface area contributed by atoms with Gasteiger partial charge in [-0.25, -0.2) is 0 Å². The van der Waals surface area contributed by atoms with Gasteiger partial charge in [0.1, 0.15) is 5.75 Å². The van der Waals surface area contributed by atoms with Crippen LogP contribution in [-0.4, -0.2) is 17.1 Å². The highest BCUT2D eigenvalue weighted by Gasteiger charge is 2.17. The molecule has 1 aliphatic rings. The zero-order valence-corrected chi connectivity index (χ0v) is 10.5. The Morgan fingerprint density at radius 1 is 1.22 bits per heavy atom. The number of hydrogen-bond donors (Lipinski definition) is 3. The van der Waals surface area contributed by atoms with E-state index in [0.29, 0.717) is 11.3 Å². The monoisotopic (exact) mass is 248 g/mol. The van der Waals surface area contributed by atoms with Crippen molar-refractivity contribution in [3.63, 3.8) is 0 Å². The molecule has 1 amide bonds. The van der Waals surface area contributed by atoms with Crippen LogP contribution < -0.4 is 11.1 Å². The number of amides is 1. The number of aromatic hydroxyl groups is 1. The Hall–Kier alpha value is -1.71. The lowest BCUT2D eigenvalue weighted by molar-refractivity contribution is 0.0931. The van der Waals surface area contributed by atoms with Crippen molar-refractivity contribution in [1.82, 2.24) is 5.32 Å². The van der Waals surface area contributed by atoms with Crippen LogP contribution in [0.2, 0.25) is 0 Å². The van der Waals surface area contributed by atoms with Crippen molar-refractivity contribution in [2.75, 3.05) is 5.73 Å². The van der Waals surface area contributed by atoms with E-state index in [2.05, 4.69) is 5.32 Å². The lowest BCUT2D eigenvalue weighted by atomic mass is 10.1. The first-order valence-corrected chi connectivity index (χ1v) is 6.56. The van der Waals surface area contributed by atoms with E-state index in [1.54, 1.807) is 12.1 Å². The molecular formula is C14H20N2O2. The second-order valence-electron chi connectivity index (χ2n) is 4.94. The van der Waals surface area contributed by atoms with Crippen LogP contribution in [0.3, 0.4) is 0 Å². The molecule has 1 fully saturated rings. The van der Waals surface area contributed by atoms with Gasteiger partial charge in [-0.2, -0.15) is 0 Å². The summed E-state index contributed by atoms with van der Waals surface area (Å²) in [6, 6.07) is 4.83. The van der Waals surface area contributed by atoms with Crippen LogP contribution in [-0.2, 0) is 0 Å². The second kappa shape index (κ2) is 5.76. The molecule has 4 nitrogen and oxygen atoms in total. The number of phenolic OH excluding ortho intramolecular Hbond substituents is 1. The molecule has 0 unspecified atom stereocenters. The largest absolute Gasteiger partial charge is 0.507 e. The number of carbonyl (C=O) groups excluding carboxylic acids is 1. The Balaban J connectivity index is 2.02. The van der Waals surface area contributed by atoms with Crippen LogP contribution >= 0.6 is 0 Å². The van der Waals surface area contributed by atoms with Crippen molar-refractivity contribution in [1.29, 1.82) is 0 Å². The quantitative estimate of drug-likeness (QED) is 0.556. The molecule has 0 bridgehead atoms. The minimum atomic E-state index is -0.209. The number of benzene rings is 1. The fourth-order valence-corrected chi connectivity index (χ4v) is 2.43. The van der Waals surface area contributed by atoms with E-state index in [1.165, 1.54) is 31.7 Å². The van der Waals surface area contributed by atoms with Gasteiger partial charge in [0.25, 0.3) is 5.91 Å². The lowest BCUT2D eigenvalue weighted by Crippen LogP contribution is -2.34. The van der Waals surface area contributed by atoms with Gasteiger partial charge in [-0.05, 0) is 25.0 Å². The number of carbonyl (C=O) groups is 1. The third kappa shape index (κ3) is 3.15. The Labute approximate surface area is 107 Å². The van der Waals surface area contributed by atoms with Gasteiger partial charge in [0.2, 0.25) is 0 Å². The molecule has 0 aromatic heterocycles. The fraction of sp³-hybridized carbons (Fsp3) is 0.500. The molecule has 0 radical (unpaired) electrons. The zero-order chi connectivity index (χ0) is 13.0. The molecule has 1 saturated carbocycles. The summed E-state index contributed by atoms with van der Waals surface area (Å²) in [5.74, 6) is -0.263. The third-order valence-corrected chi connectivity index (χ3v) is 3.46. The van der Waals surface area contributed by atoms with Gasteiger partial charge in [-0.15, -0.1) is 0 Å². The molecule has 0 spiro atoms. The van der Waals surface area contributed by atoms with Gasteiger partial charge in [0, 0.05) is 17.8 Å². The standard InChI is InChI=1S/C14H20N2O2/c15-10-7-8-12(13(17)9-10)14(18)16-11-5-3-1-2-4-6-11/h7-9,11,17H,1-6,15H2,(H,16,18). The van der Waals surface area contributed by atoms with Crippen LogP contribution in [0.1, 0.15) is 48.9 Å². The Bertz CT molecular complexity index is 424. The summed E-state index contributed by atoms with van der Waals surface area (Å²) in [7, 11) is 0. The molecule has 1 aliphatic carbocycles. The molecule has 4 heteroatoms.